The van der Waals surface area contributed by atoms with Crippen LogP contribution in [0.1, 0.15) is 16.1 Å². The highest BCUT2D eigenvalue weighted by Gasteiger charge is 2.12. The molecule has 1 aromatic carbocycles. The minimum atomic E-state index is -1.06. The molecule has 3 aromatic rings. The molecule has 0 spiro atoms. The first-order valence-electron chi connectivity index (χ1n) is 5.80. The Morgan fingerprint density at radius 3 is 2.63 bits per heavy atom. The minimum Gasteiger partial charge on any atom is -0.476 e. The summed E-state index contributed by atoms with van der Waals surface area (Å²) >= 11 is 0. The Balaban J connectivity index is 2.23. The molecule has 0 amide bonds. The number of carboxylic acid groups (broad SMARTS) is 1. The number of aryl methyl sites for hydroxylation is 1. The van der Waals surface area contributed by atoms with Gasteiger partial charge in [0.15, 0.2) is 11.3 Å². The summed E-state index contributed by atoms with van der Waals surface area (Å²) in [6.45, 7) is 2.02. The van der Waals surface area contributed by atoms with E-state index in [1.54, 1.807) is 10.7 Å². The van der Waals surface area contributed by atoms with Gasteiger partial charge in [0, 0.05) is 17.8 Å². The molecule has 5 heteroatoms. The van der Waals surface area contributed by atoms with Crippen molar-refractivity contribution < 1.29 is 9.90 Å². The second kappa shape index (κ2) is 4.20. The Kier molecular flexibility index (Phi) is 2.52. The highest BCUT2D eigenvalue weighted by atomic mass is 16.4. The zero-order valence-electron chi connectivity index (χ0n) is 10.2. The highest BCUT2D eigenvalue weighted by molar-refractivity contribution is 5.86. The lowest BCUT2D eigenvalue weighted by atomic mass is 10.1. The molecule has 0 radical (unpaired) electrons. The molecule has 3 rings (SSSR count). The zero-order valence-corrected chi connectivity index (χ0v) is 10.2. The third-order valence-electron chi connectivity index (χ3n) is 2.92. The Labute approximate surface area is 109 Å². The number of carbonyl (C=O) groups is 1. The van der Waals surface area contributed by atoms with Crippen molar-refractivity contribution in [3.05, 3.63) is 53.9 Å². The van der Waals surface area contributed by atoms with Crippen LogP contribution in [0.3, 0.4) is 0 Å². The highest BCUT2D eigenvalue weighted by Crippen LogP contribution is 2.20. The van der Waals surface area contributed by atoms with Crippen molar-refractivity contribution in [2.75, 3.05) is 0 Å². The van der Waals surface area contributed by atoms with Crippen molar-refractivity contribution in [3.63, 3.8) is 0 Å². The third-order valence-corrected chi connectivity index (χ3v) is 2.92. The number of aromatic carboxylic acids is 1. The number of hydrogen-bond donors (Lipinski definition) is 1. The number of hydrogen-bond acceptors (Lipinski definition) is 3. The van der Waals surface area contributed by atoms with Gasteiger partial charge in [-0.3, -0.25) is 0 Å². The zero-order chi connectivity index (χ0) is 13.4. The van der Waals surface area contributed by atoms with Crippen molar-refractivity contribution in [3.8, 4) is 11.3 Å². The van der Waals surface area contributed by atoms with Crippen LogP contribution in [0.15, 0.2) is 42.6 Å². The molecule has 0 bridgehead atoms. The lowest BCUT2D eigenvalue weighted by molar-refractivity contribution is 0.0690. The van der Waals surface area contributed by atoms with E-state index in [1.807, 2.05) is 37.3 Å². The summed E-state index contributed by atoms with van der Waals surface area (Å²) in [5.74, 6) is -1.06. The fourth-order valence-electron chi connectivity index (χ4n) is 1.94. The average Bonchev–Trinajstić information content (AvgIpc) is 2.83. The predicted octanol–water partition coefficient (Wildman–Crippen LogP) is 2.40. The van der Waals surface area contributed by atoms with Gasteiger partial charge in [0.25, 0.3) is 0 Å². The van der Waals surface area contributed by atoms with Crippen LogP contribution in [0.2, 0.25) is 0 Å². The first kappa shape index (κ1) is 11.4. The number of fused-ring (bicyclic) bond motifs is 1. The molecule has 94 valence electrons. The van der Waals surface area contributed by atoms with Gasteiger partial charge in [0.05, 0.1) is 5.69 Å². The van der Waals surface area contributed by atoms with Gasteiger partial charge in [0.2, 0.25) is 0 Å². The Hall–Kier alpha value is -2.69. The molecule has 0 fully saturated rings. The van der Waals surface area contributed by atoms with E-state index in [-0.39, 0.29) is 5.69 Å². The lowest BCUT2D eigenvalue weighted by Gasteiger charge is -2.04. The number of carboxylic acids is 1. The van der Waals surface area contributed by atoms with Crippen LogP contribution < -0.4 is 0 Å². The molecule has 19 heavy (non-hydrogen) atoms. The molecular formula is C14H11N3O2. The van der Waals surface area contributed by atoms with E-state index in [9.17, 15) is 4.79 Å². The van der Waals surface area contributed by atoms with Crippen LogP contribution in [0.25, 0.3) is 16.9 Å². The van der Waals surface area contributed by atoms with Crippen molar-refractivity contribution in [1.82, 2.24) is 14.6 Å². The van der Waals surface area contributed by atoms with Crippen molar-refractivity contribution >= 4 is 11.6 Å². The van der Waals surface area contributed by atoms with Gasteiger partial charge in [0.1, 0.15) is 0 Å². The van der Waals surface area contributed by atoms with E-state index in [0.29, 0.717) is 5.65 Å². The molecule has 0 aliphatic rings. The maximum absolute atomic E-state index is 11.0. The van der Waals surface area contributed by atoms with Crippen LogP contribution in [0.5, 0.6) is 0 Å². The summed E-state index contributed by atoms with van der Waals surface area (Å²) in [4.78, 5) is 15.1. The molecule has 1 N–H and O–H groups in total. The maximum atomic E-state index is 11.0. The van der Waals surface area contributed by atoms with Crippen LogP contribution in [-0.2, 0) is 0 Å². The summed E-state index contributed by atoms with van der Waals surface area (Å²) in [6, 6.07) is 11.2. The summed E-state index contributed by atoms with van der Waals surface area (Å²) in [5.41, 5.74) is 3.47. The van der Waals surface area contributed by atoms with Crippen LogP contribution in [-0.4, -0.2) is 25.7 Å². The smallest absolute Gasteiger partial charge is 0.356 e. The van der Waals surface area contributed by atoms with Gasteiger partial charge in [-0.15, -0.1) is 0 Å². The fraction of sp³-hybridized carbons (Fsp3) is 0.0714. The standard InChI is InChI=1S/C14H11N3O2/c1-9-2-4-10(5-3-9)12-6-7-15-13-8-11(14(18)19)16-17(12)13/h2-8H,1H3,(H,18,19). The van der Waals surface area contributed by atoms with Gasteiger partial charge >= 0.3 is 5.97 Å². The average molecular weight is 253 g/mol. The van der Waals surface area contributed by atoms with Gasteiger partial charge in [-0.2, -0.15) is 5.10 Å². The predicted molar refractivity (Wildman–Crippen MR) is 70.1 cm³/mol. The summed E-state index contributed by atoms with van der Waals surface area (Å²) in [6.07, 6.45) is 1.65. The second-order valence-corrected chi connectivity index (χ2v) is 4.30. The van der Waals surface area contributed by atoms with Gasteiger partial charge in [-0.25, -0.2) is 14.3 Å². The van der Waals surface area contributed by atoms with Gasteiger partial charge in [-0.1, -0.05) is 29.8 Å². The first-order chi connectivity index (χ1) is 9.15. The van der Waals surface area contributed by atoms with Gasteiger partial charge < -0.3 is 5.11 Å². The van der Waals surface area contributed by atoms with E-state index in [0.717, 1.165) is 11.3 Å². The number of aromatic nitrogens is 3. The Morgan fingerprint density at radius 1 is 1.21 bits per heavy atom. The van der Waals surface area contributed by atoms with E-state index in [2.05, 4.69) is 10.1 Å². The number of rotatable bonds is 2. The monoisotopic (exact) mass is 253 g/mol. The fourth-order valence-corrected chi connectivity index (χ4v) is 1.94. The van der Waals surface area contributed by atoms with Crippen LogP contribution >= 0.6 is 0 Å². The molecule has 0 atom stereocenters. The molecule has 0 saturated carbocycles. The molecule has 2 heterocycles. The van der Waals surface area contributed by atoms with E-state index in [4.69, 9.17) is 5.11 Å². The van der Waals surface area contributed by atoms with Crippen LogP contribution in [0, 0.1) is 6.92 Å². The van der Waals surface area contributed by atoms with Gasteiger partial charge in [-0.05, 0) is 13.0 Å². The van der Waals surface area contributed by atoms with Crippen molar-refractivity contribution in [2.45, 2.75) is 6.92 Å². The largest absolute Gasteiger partial charge is 0.476 e. The molecule has 2 aromatic heterocycles. The summed E-state index contributed by atoms with van der Waals surface area (Å²) in [7, 11) is 0. The molecule has 0 unspecified atom stereocenters. The SMILES string of the molecule is Cc1ccc(-c2ccnc3cc(C(=O)O)nn23)cc1. The lowest BCUT2D eigenvalue weighted by Crippen LogP contribution is -1.99. The summed E-state index contributed by atoms with van der Waals surface area (Å²) in [5, 5.41) is 13.0. The van der Waals surface area contributed by atoms with E-state index < -0.39 is 5.97 Å². The third kappa shape index (κ3) is 1.95. The normalized spacial score (nSPS) is 10.8. The molecular weight excluding hydrogens is 242 g/mol. The Bertz CT molecular complexity index is 760. The van der Waals surface area contributed by atoms with Crippen LogP contribution in [0.4, 0.5) is 0 Å². The molecule has 0 saturated heterocycles. The Morgan fingerprint density at radius 2 is 1.95 bits per heavy atom. The molecule has 0 aliphatic carbocycles. The van der Waals surface area contributed by atoms with E-state index >= 15 is 0 Å². The maximum Gasteiger partial charge on any atom is 0.356 e. The first-order valence-corrected chi connectivity index (χ1v) is 5.80. The number of benzene rings is 1. The van der Waals surface area contributed by atoms with Crippen molar-refractivity contribution in [1.29, 1.82) is 0 Å². The van der Waals surface area contributed by atoms with E-state index in [1.165, 1.54) is 11.6 Å². The van der Waals surface area contributed by atoms with Crippen molar-refractivity contribution in [2.24, 2.45) is 0 Å². The molecule has 0 aliphatic heterocycles. The summed E-state index contributed by atoms with van der Waals surface area (Å²) < 4.78 is 1.55. The second-order valence-electron chi connectivity index (χ2n) is 4.30. The minimum absolute atomic E-state index is 0.00735. The number of nitrogens with zero attached hydrogens (tertiary/aromatic N) is 3. The topological polar surface area (TPSA) is 67.5 Å². The molecule has 5 nitrogen and oxygen atoms in total. The quantitative estimate of drug-likeness (QED) is 0.761.